The van der Waals surface area contributed by atoms with E-state index in [0.717, 1.165) is 22.6 Å². The van der Waals surface area contributed by atoms with E-state index in [9.17, 15) is 4.39 Å². The first-order valence-electron chi connectivity index (χ1n) is 5.88. The van der Waals surface area contributed by atoms with Gasteiger partial charge in [0.15, 0.2) is 0 Å². The Morgan fingerprint density at radius 1 is 1.17 bits per heavy atom. The Hall–Kier alpha value is -1.97. The lowest BCUT2D eigenvalue weighted by molar-refractivity contribution is 0.627. The lowest BCUT2D eigenvalue weighted by Crippen LogP contribution is -2.11. The number of halogens is 1. The second-order valence-corrected chi connectivity index (χ2v) is 4.35. The van der Waals surface area contributed by atoms with E-state index < -0.39 is 0 Å². The molecule has 1 aromatic carbocycles. The second-order valence-electron chi connectivity index (χ2n) is 4.35. The van der Waals surface area contributed by atoms with Gasteiger partial charge in [0.1, 0.15) is 5.82 Å². The van der Waals surface area contributed by atoms with Gasteiger partial charge in [0.05, 0.1) is 17.4 Å². The van der Waals surface area contributed by atoms with E-state index >= 15 is 0 Å². The van der Waals surface area contributed by atoms with Crippen LogP contribution in [0, 0.1) is 19.7 Å². The third-order valence-corrected chi connectivity index (χ3v) is 2.90. The van der Waals surface area contributed by atoms with Crippen LogP contribution in [0.2, 0.25) is 0 Å². The molecule has 3 nitrogen and oxygen atoms in total. The molecule has 2 aromatic rings. The summed E-state index contributed by atoms with van der Waals surface area (Å²) in [4.78, 5) is 8.51. The Kier molecular flexibility index (Phi) is 3.55. The minimum atomic E-state index is -0.244. The van der Waals surface area contributed by atoms with E-state index in [2.05, 4.69) is 15.3 Å². The van der Waals surface area contributed by atoms with Crippen LogP contribution in [-0.4, -0.2) is 9.97 Å². The molecule has 0 saturated heterocycles. The molecule has 0 amide bonds. The van der Waals surface area contributed by atoms with Gasteiger partial charge in [-0.2, -0.15) is 0 Å². The van der Waals surface area contributed by atoms with Crippen LogP contribution >= 0.6 is 0 Å². The van der Waals surface area contributed by atoms with Crippen molar-refractivity contribution < 1.29 is 4.39 Å². The number of aromatic nitrogens is 2. The van der Waals surface area contributed by atoms with Crippen molar-refractivity contribution in [1.29, 1.82) is 0 Å². The number of anilines is 1. The molecule has 1 heterocycles. The van der Waals surface area contributed by atoms with E-state index in [-0.39, 0.29) is 11.9 Å². The highest BCUT2D eigenvalue weighted by molar-refractivity contribution is 5.52. The van der Waals surface area contributed by atoms with Crippen molar-refractivity contribution in [3.05, 3.63) is 53.4 Å². The van der Waals surface area contributed by atoms with Gasteiger partial charge in [-0.1, -0.05) is 6.07 Å². The van der Waals surface area contributed by atoms with Crippen LogP contribution in [0.3, 0.4) is 0 Å². The number of rotatable bonds is 3. The maximum atomic E-state index is 13.2. The lowest BCUT2D eigenvalue weighted by atomic mass is 10.1. The van der Waals surface area contributed by atoms with Crippen molar-refractivity contribution in [2.75, 3.05) is 5.32 Å². The Labute approximate surface area is 106 Å². The average Bonchev–Trinajstić information content (AvgIpc) is 2.34. The number of benzene rings is 1. The van der Waals surface area contributed by atoms with Crippen LogP contribution in [0.25, 0.3) is 0 Å². The van der Waals surface area contributed by atoms with E-state index in [1.807, 2.05) is 20.8 Å². The number of hydrogen-bond acceptors (Lipinski definition) is 3. The zero-order chi connectivity index (χ0) is 13.1. The maximum Gasteiger partial charge on any atom is 0.125 e. The number of nitrogens with zero attached hydrogens (tertiary/aromatic N) is 2. The maximum absolute atomic E-state index is 13.2. The van der Waals surface area contributed by atoms with Crippen LogP contribution in [0.15, 0.2) is 30.6 Å². The highest BCUT2D eigenvalue weighted by atomic mass is 19.1. The fourth-order valence-electron chi connectivity index (χ4n) is 1.89. The molecular formula is C14H16FN3. The molecule has 0 spiro atoms. The standard InChI is InChI=1S/C14H16FN3/c1-9-4-5-12(15)8-13(9)18-11(3)14-10(2)16-6-7-17-14/h4-8,11,18H,1-3H3. The van der Waals surface area contributed by atoms with Gasteiger partial charge < -0.3 is 5.32 Å². The molecule has 1 N–H and O–H groups in total. The molecular weight excluding hydrogens is 229 g/mol. The molecule has 0 fully saturated rings. The summed E-state index contributed by atoms with van der Waals surface area (Å²) in [6, 6.07) is 4.70. The molecule has 0 saturated carbocycles. The summed E-state index contributed by atoms with van der Waals surface area (Å²) >= 11 is 0. The van der Waals surface area contributed by atoms with Crippen LogP contribution in [0.5, 0.6) is 0 Å². The molecule has 0 aliphatic heterocycles. The van der Waals surface area contributed by atoms with E-state index in [0.29, 0.717) is 0 Å². The SMILES string of the molecule is Cc1ccc(F)cc1NC(C)c1nccnc1C. The van der Waals surface area contributed by atoms with Crippen LogP contribution in [0.4, 0.5) is 10.1 Å². The van der Waals surface area contributed by atoms with Crippen molar-refractivity contribution in [3.63, 3.8) is 0 Å². The summed E-state index contributed by atoms with van der Waals surface area (Å²) in [7, 11) is 0. The average molecular weight is 245 g/mol. The summed E-state index contributed by atoms with van der Waals surface area (Å²) in [5.41, 5.74) is 3.55. The highest BCUT2D eigenvalue weighted by Gasteiger charge is 2.11. The topological polar surface area (TPSA) is 37.8 Å². The molecule has 1 atom stereocenters. The highest BCUT2D eigenvalue weighted by Crippen LogP contribution is 2.22. The van der Waals surface area contributed by atoms with Gasteiger partial charge in [-0.25, -0.2) is 4.39 Å². The first-order valence-corrected chi connectivity index (χ1v) is 5.88. The Morgan fingerprint density at radius 3 is 2.61 bits per heavy atom. The first kappa shape index (κ1) is 12.5. The molecule has 0 aliphatic rings. The molecule has 2 rings (SSSR count). The first-order chi connectivity index (χ1) is 8.58. The van der Waals surface area contributed by atoms with E-state index in [1.54, 1.807) is 18.5 Å². The summed E-state index contributed by atoms with van der Waals surface area (Å²) in [6.07, 6.45) is 3.33. The molecule has 94 valence electrons. The zero-order valence-corrected chi connectivity index (χ0v) is 10.7. The number of nitrogens with one attached hydrogen (secondary N) is 1. The third-order valence-electron chi connectivity index (χ3n) is 2.90. The van der Waals surface area contributed by atoms with Crippen molar-refractivity contribution in [1.82, 2.24) is 9.97 Å². The minimum absolute atomic E-state index is 0.0146. The van der Waals surface area contributed by atoms with Gasteiger partial charge in [0.25, 0.3) is 0 Å². The van der Waals surface area contributed by atoms with E-state index in [4.69, 9.17) is 0 Å². The quantitative estimate of drug-likeness (QED) is 0.900. The number of aryl methyl sites for hydroxylation is 2. The molecule has 0 bridgehead atoms. The van der Waals surface area contributed by atoms with Crippen LogP contribution in [0.1, 0.15) is 29.9 Å². The molecule has 1 aromatic heterocycles. The Morgan fingerprint density at radius 2 is 1.89 bits per heavy atom. The predicted molar refractivity (Wildman–Crippen MR) is 69.9 cm³/mol. The lowest BCUT2D eigenvalue weighted by Gasteiger charge is -2.17. The van der Waals surface area contributed by atoms with Crippen molar-refractivity contribution in [2.45, 2.75) is 26.8 Å². The van der Waals surface area contributed by atoms with Gasteiger partial charge in [-0.05, 0) is 38.5 Å². The van der Waals surface area contributed by atoms with Crippen molar-refractivity contribution >= 4 is 5.69 Å². The molecule has 0 radical (unpaired) electrons. The fraction of sp³-hybridized carbons (Fsp3) is 0.286. The van der Waals surface area contributed by atoms with Crippen LogP contribution < -0.4 is 5.32 Å². The Balaban J connectivity index is 2.24. The molecule has 0 aliphatic carbocycles. The van der Waals surface area contributed by atoms with Crippen LogP contribution in [-0.2, 0) is 0 Å². The third kappa shape index (κ3) is 2.64. The van der Waals surface area contributed by atoms with Gasteiger partial charge in [-0.3, -0.25) is 9.97 Å². The predicted octanol–water partition coefficient (Wildman–Crippen LogP) is 3.41. The fourth-order valence-corrected chi connectivity index (χ4v) is 1.89. The molecule has 1 unspecified atom stereocenters. The van der Waals surface area contributed by atoms with Gasteiger partial charge >= 0.3 is 0 Å². The summed E-state index contributed by atoms with van der Waals surface area (Å²) < 4.78 is 13.2. The largest absolute Gasteiger partial charge is 0.377 e. The number of hydrogen-bond donors (Lipinski definition) is 1. The second kappa shape index (κ2) is 5.12. The van der Waals surface area contributed by atoms with Gasteiger partial charge in [-0.15, -0.1) is 0 Å². The molecule has 18 heavy (non-hydrogen) atoms. The summed E-state index contributed by atoms with van der Waals surface area (Å²) in [6.45, 7) is 5.85. The minimum Gasteiger partial charge on any atom is -0.377 e. The van der Waals surface area contributed by atoms with Crippen molar-refractivity contribution in [2.24, 2.45) is 0 Å². The normalized spacial score (nSPS) is 12.2. The zero-order valence-electron chi connectivity index (χ0n) is 10.7. The van der Waals surface area contributed by atoms with Crippen molar-refractivity contribution in [3.8, 4) is 0 Å². The Bertz CT molecular complexity index is 554. The smallest absolute Gasteiger partial charge is 0.125 e. The monoisotopic (exact) mass is 245 g/mol. The van der Waals surface area contributed by atoms with Gasteiger partial charge in [0, 0.05) is 18.1 Å². The molecule has 4 heteroatoms. The van der Waals surface area contributed by atoms with E-state index in [1.165, 1.54) is 12.1 Å². The summed E-state index contributed by atoms with van der Waals surface area (Å²) in [5.74, 6) is -0.244. The van der Waals surface area contributed by atoms with Gasteiger partial charge in [0.2, 0.25) is 0 Å². The summed E-state index contributed by atoms with van der Waals surface area (Å²) in [5, 5.41) is 3.27.